The van der Waals surface area contributed by atoms with Gasteiger partial charge >= 0.3 is 0 Å². The highest BCUT2D eigenvalue weighted by Gasteiger charge is 2.14. The van der Waals surface area contributed by atoms with Gasteiger partial charge in [-0.3, -0.25) is 4.79 Å². The molecule has 5 heteroatoms. The molecule has 2 aromatic carbocycles. The molecular weight excluding hydrogens is 297 g/mol. The van der Waals surface area contributed by atoms with Gasteiger partial charge in [-0.25, -0.2) is 0 Å². The fourth-order valence-corrected chi connectivity index (χ4v) is 2.41. The normalized spacial score (nSPS) is 10.3. The quantitative estimate of drug-likeness (QED) is 0.922. The van der Waals surface area contributed by atoms with Crippen LogP contribution in [0.25, 0.3) is 11.1 Å². The van der Waals surface area contributed by atoms with Crippen molar-refractivity contribution in [2.75, 3.05) is 6.61 Å². The van der Waals surface area contributed by atoms with Crippen LogP contribution in [0.5, 0.6) is 5.75 Å². The van der Waals surface area contributed by atoms with Crippen LogP contribution < -0.4 is 10.5 Å². The van der Waals surface area contributed by atoms with Crippen LogP contribution in [0.3, 0.4) is 0 Å². The maximum Gasteiger partial charge on any atom is 0.250 e. The van der Waals surface area contributed by atoms with Crippen molar-refractivity contribution in [3.63, 3.8) is 0 Å². The molecule has 20 heavy (non-hydrogen) atoms. The Morgan fingerprint density at radius 3 is 2.40 bits per heavy atom. The number of hydrogen-bond donors (Lipinski definition) is 1. The van der Waals surface area contributed by atoms with Gasteiger partial charge < -0.3 is 10.5 Å². The summed E-state index contributed by atoms with van der Waals surface area (Å²) >= 11 is 12.2. The molecule has 0 saturated carbocycles. The lowest BCUT2D eigenvalue weighted by atomic mass is 10.0. The van der Waals surface area contributed by atoms with E-state index in [4.69, 9.17) is 33.7 Å². The SMILES string of the molecule is CCOc1ccc(-c2cc(Cl)cc(C(N)=O)c2Cl)cc1. The number of rotatable bonds is 4. The van der Waals surface area contributed by atoms with Crippen LogP contribution in [0.15, 0.2) is 36.4 Å². The van der Waals surface area contributed by atoms with E-state index in [-0.39, 0.29) is 5.56 Å². The number of primary amides is 1. The van der Waals surface area contributed by atoms with Crippen LogP contribution in [0.4, 0.5) is 0 Å². The molecule has 0 aliphatic carbocycles. The molecule has 3 nitrogen and oxygen atoms in total. The molecular formula is C15H13Cl2NO2. The Morgan fingerprint density at radius 1 is 1.20 bits per heavy atom. The zero-order valence-electron chi connectivity index (χ0n) is 10.8. The van der Waals surface area contributed by atoms with Crippen molar-refractivity contribution in [3.05, 3.63) is 52.0 Å². The largest absolute Gasteiger partial charge is 0.494 e. The molecule has 0 unspecified atom stereocenters. The smallest absolute Gasteiger partial charge is 0.250 e. The number of carbonyl (C=O) groups is 1. The molecule has 0 heterocycles. The third-order valence-electron chi connectivity index (χ3n) is 2.78. The Morgan fingerprint density at radius 2 is 1.85 bits per heavy atom. The summed E-state index contributed by atoms with van der Waals surface area (Å²) in [5.41, 5.74) is 7.00. The Hall–Kier alpha value is -1.71. The fourth-order valence-electron chi connectivity index (χ4n) is 1.88. The summed E-state index contributed by atoms with van der Waals surface area (Å²) in [5, 5.41) is 0.707. The molecule has 0 radical (unpaired) electrons. The summed E-state index contributed by atoms with van der Waals surface area (Å²) < 4.78 is 5.38. The van der Waals surface area contributed by atoms with Gasteiger partial charge in [0.05, 0.1) is 17.2 Å². The summed E-state index contributed by atoms with van der Waals surface area (Å²) in [6.45, 7) is 2.52. The van der Waals surface area contributed by atoms with E-state index in [1.54, 1.807) is 6.07 Å². The average Bonchev–Trinajstić information content (AvgIpc) is 2.42. The minimum Gasteiger partial charge on any atom is -0.494 e. The lowest BCUT2D eigenvalue weighted by molar-refractivity contribution is 0.100. The minimum atomic E-state index is -0.607. The van der Waals surface area contributed by atoms with Crippen molar-refractivity contribution in [2.45, 2.75) is 6.92 Å². The average molecular weight is 310 g/mol. The van der Waals surface area contributed by atoms with Crippen LogP contribution in [-0.4, -0.2) is 12.5 Å². The zero-order valence-corrected chi connectivity index (χ0v) is 12.3. The van der Waals surface area contributed by atoms with Crippen molar-refractivity contribution in [3.8, 4) is 16.9 Å². The van der Waals surface area contributed by atoms with E-state index in [9.17, 15) is 4.79 Å². The molecule has 2 rings (SSSR count). The molecule has 2 aromatic rings. The molecule has 0 aromatic heterocycles. The first kappa shape index (κ1) is 14.7. The molecule has 0 fully saturated rings. The standard InChI is InChI=1S/C15H13Cl2NO2/c1-2-20-11-5-3-9(4-6-11)12-7-10(16)8-13(14(12)17)15(18)19/h3-8H,2H2,1H3,(H2,18,19). The highest BCUT2D eigenvalue weighted by Crippen LogP contribution is 2.34. The number of amides is 1. The third-order valence-corrected chi connectivity index (χ3v) is 3.40. The summed E-state index contributed by atoms with van der Waals surface area (Å²) in [6, 6.07) is 10.5. The monoisotopic (exact) mass is 309 g/mol. The summed E-state index contributed by atoms with van der Waals surface area (Å²) in [6.07, 6.45) is 0. The van der Waals surface area contributed by atoms with Gasteiger partial charge in [-0.1, -0.05) is 35.3 Å². The predicted octanol–water partition coefficient (Wildman–Crippen LogP) is 4.16. The molecule has 0 bridgehead atoms. The Balaban J connectivity index is 2.49. The molecule has 0 atom stereocenters. The fraction of sp³-hybridized carbons (Fsp3) is 0.133. The maximum atomic E-state index is 11.4. The number of carbonyl (C=O) groups excluding carboxylic acids is 1. The van der Waals surface area contributed by atoms with Crippen molar-refractivity contribution < 1.29 is 9.53 Å². The molecule has 0 spiro atoms. The number of benzene rings is 2. The van der Waals surface area contributed by atoms with Crippen LogP contribution in [0.2, 0.25) is 10.0 Å². The van der Waals surface area contributed by atoms with Crippen LogP contribution in [-0.2, 0) is 0 Å². The van der Waals surface area contributed by atoms with E-state index in [0.717, 1.165) is 11.3 Å². The predicted molar refractivity (Wildman–Crippen MR) is 81.6 cm³/mol. The van der Waals surface area contributed by atoms with Crippen molar-refractivity contribution >= 4 is 29.1 Å². The van der Waals surface area contributed by atoms with Crippen molar-refractivity contribution in [1.82, 2.24) is 0 Å². The molecule has 0 saturated heterocycles. The molecule has 2 N–H and O–H groups in total. The van der Waals surface area contributed by atoms with E-state index in [2.05, 4.69) is 0 Å². The summed E-state index contributed by atoms with van der Waals surface area (Å²) in [4.78, 5) is 11.4. The highest BCUT2D eigenvalue weighted by molar-refractivity contribution is 6.38. The Kier molecular flexibility index (Phi) is 4.53. The Labute approximate surface area is 127 Å². The lowest BCUT2D eigenvalue weighted by Crippen LogP contribution is -2.11. The van der Waals surface area contributed by atoms with E-state index in [1.807, 2.05) is 31.2 Å². The summed E-state index contributed by atoms with van der Waals surface area (Å²) in [7, 11) is 0. The highest BCUT2D eigenvalue weighted by atomic mass is 35.5. The second kappa shape index (κ2) is 6.16. The van der Waals surface area contributed by atoms with Gasteiger partial charge in [-0.15, -0.1) is 0 Å². The number of hydrogen-bond acceptors (Lipinski definition) is 2. The van der Waals surface area contributed by atoms with E-state index in [0.29, 0.717) is 22.2 Å². The van der Waals surface area contributed by atoms with E-state index in [1.165, 1.54) is 6.07 Å². The zero-order chi connectivity index (χ0) is 14.7. The molecule has 0 aliphatic heterocycles. The van der Waals surface area contributed by atoms with Crippen LogP contribution >= 0.6 is 23.2 Å². The third kappa shape index (κ3) is 3.06. The van der Waals surface area contributed by atoms with Crippen molar-refractivity contribution in [2.24, 2.45) is 5.73 Å². The summed E-state index contributed by atoms with van der Waals surface area (Å²) in [5.74, 6) is 0.161. The van der Waals surface area contributed by atoms with E-state index < -0.39 is 5.91 Å². The molecule has 104 valence electrons. The van der Waals surface area contributed by atoms with E-state index >= 15 is 0 Å². The molecule has 1 amide bonds. The maximum absolute atomic E-state index is 11.4. The first-order valence-electron chi connectivity index (χ1n) is 6.05. The van der Waals surface area contributed by atoms with Gasteiger partial charge in [0.25, 0.3) is 0 Å². The number of ether oxygens (including phenoxy) is 1. The van der Waals surface area contributed by atoms with Gasteiger partial charge in [0.15, 0.2) is 0 Å². The topological polar surface area (TPSA) is 52.3 Å². The lowest BCUT2D eigenvalue weighted by Gasteiger charge is -2.10. The second-order valence-corrected chi connectivity index (χ2v) is 4.95. The van der Waals surface area contributed by atoms with Crippen molar-refractivity contribution in [1.29, 1.82) is 0 Å². The van der Waals surface area contributed by atoms with Crippen LogP contribution in [0.1, 0.15) is 17.3 Å². The van der Waals surface area contributed by atoms with Crippen LogP contribution in [0, 0.1) is 0 Å². The number of halogens is 2. The van der Waals surface area contributed by atoms with Gasteiger partial charge in [-0.2, -0.15) is 0 Å². The number of nitrogens with two attached hydrogens (primary N) is 1. The van der Waals surface area contributed by atoms with Gasteiger partial charge in [0, 0.05) is 10.6 Å². The minimum absolute atomic E-state index is 0.211. The van der Waals surface area contributed by atoms with Gasteiger partial charge in [0.1, 0.15) is 5.75 Å². The second-order valence-electron chi connectivity index (χ2n) is 4.14. The first-order valence-corrected chi connectivity index (χ1v) is 6.80. The van der Waals surface area contributed by atoms with Gasteiger partial charge in [0.2, 0.25) is 5.91 Å². The van der Waals surface area contributed by atoms with Gasteiger partial charge in [-0.05, 0) is 36.8 Å². The first-order chi connectivity index (χ1) is 9.52. The molecule has 0 aliphatic rings. The Bertz CT molecular complexity index is 639.